The predicted molar refractivity (Wildman–Crippen MR) is 68.1 cm³/mol. The minimum absolute atomic E-state index is 0.307. The van der Waals surface area contributed by atoms with Gasteiger partial charge >= 0.3 is 0 Å². The molecule has 2 aromatic rings. The monoisotopic (exact) mass is 259 g/mol. The molecule has 0 atom stereocenters. The molecule has 0 saturated heterocycles. The first-order valence-corrected chi connectivity index (χ1v) is 5.31. The van der Waals surface area contributed by atoms with Crippen molar-refractivity contribution in [2.24, 2.45) is 0 Å². The number of nitrogens with zero attached hydrogens (tertiary/aromatic N) is 1. The molecule has 2 rings (SSSR count). The summed E-state index contributed by atoms with van der Waals surface area (Å²) in [6, 6.07) is 9.43. The fourth-order valence-corrected chi connectivity index (χ4v) is 1.47. The first-order chi connectivity index (χ1) is 9.08. The number of benzene rings is 1. The number of carbonyl (C=O) groups is 1. The van der Waals surface area contributed by atoms with Crippen LogP contribution in [-0.2, 0) is 0 Å². The number of nitro groups is 1. The van der Waals surface area contributed by atoms with E-state index in [0.717, 1.165) is 12.3 Å². The van der Waals surface area contributed by atoms with Crippen LogP contribution in [0.4, 0.5) is 11.4 Å². The Balaban J connectivity index is 2.31. The molecular weight excluding hydrogens is 250 g/mol. The second kappa shape index (κ2) is 5.13. The van der Waals surface area contributed by atoms with Crippen LogP contribution >= 0.6 is 0 Å². The van der Waals surface area contributed by atoms with Gasteiger partial charge in [0, 0.05) is 11.8 Å². The molecule has 0 unspecified atom stereocenters. The Bertz CT molecular complexity index is 679. The van der Waals surface area contributed by atoms with Crippen molar-refractivity contribution in [2.45, 2.75) is 0 Å². The average Bonchev–Trinajstić information content (AvgIpc) is 2.40. The molecule has 1 aromatic heterocycles. The van der Waals surface area contributed by atoms with Gasteiger partial charge in [-0.25, -0.2) is 0 Å². The molecule has 1 aromatic carbocycles. The maximum absolute atomic E-state index is 11.9. The van der Waals surface area contributed by atoms with Crippen LogP contribution in [0.2, 0.25) is 0 Å². The molecule has 1 heterocycles. The normalized spacial score (nSPS) is 9.89. The molecule has 0 saturated carbocycles. The lowest BCUT2D eigenvalue weighted by molar-refractivity contribution is -0.385. The SMILES string of the molecule is O=C(Nc1ccccc1)c1cc([N+](=O)[O-])c[nH]c1=O. The minimum atomic E-state index is -0.698. The van der Waals surface area contributed by atoms with E-state index >= 15 is 0 Å². The van der Waals surface area contributed by atoms with E-state index in [4.69, 9.17) is 0 Å². The van der Waals surface area contributed by atoms with E-state index in [-0.39, 0.29) is 11.3 Å². The predicted octanol–water partition coefficient (Wildman–Crippen LogP) is 1.54. The summed E-state index contributed by atoms with van der Waals surface area (Å²) in [6.07, 6.45) is 0.946. The highest BCUT2D eigenvalue weighted by molar-refractivity contribution is 6.04. The summed E-state index contributed by atoms with van der Waals surface area (Å²) in [4.78, 5) is 35.4. The van der Waals surface area contributed by atoms with Gasteiger partial charge in [0.2, 0.25) is 0 Å². The van der Waals surface area contributed by atoms with Crippen LogP contribution in [0.3, 0.4) is 0 Å². The van der Waals surface area contributed by atoms with Gasteiger partial charge in [-0.3, -0.25) is 19.7 Å². The lowest BCUT2D eigenvalue weighted by Crippen LogP contribution is -2.23. The third-order valence-electron chi connectivity index (χ3n) is 2.38. The Hall–Kier alpha value is -2.96. The lowest BCUT2D eigenvalue weighted by Gasteiger charge is -2.03. The second-order valence-corrected chi connectivity index (χ2v) is 3.68. The molecule has 0 fully saturated rings. The first-order valence-electron chi connectivity index (χ1n) is 5.31. The molecule has 0 aliphatic rings. The van der Waals surface area contributed by atoms with Gasteiger partial charge in [0.05, 0.1) is 11.1 Å². The maximum atomic E-state index is 11.9. The maximum Gasteiger partial charge on any atom is 0.286 e. The Kier molecular flexibility index (Phi) is 3.37. The molecule has 7 nitrogen and oxygen atoms in total. The smallest absolute Gasteiger partial charge is 0.286 e. The Morgan fingerprint density at radius 2 is 1.95 bits per heavy atom. The van der Waals surface area contributed by atoms with Crippen molar-refractivity contribution in [3.05, 3.63) is 68.6 Å². The first kappa shape index (κ1) is 12.5. The Morgan fingerprint density at radius 1 is 1.26 bits per heavy atom. The molecule has 0 spiro atoms. The number of amides is 1. The number of nitrogens with one attached hydrogen (secondary N) is 2. The van der Waals surface area contributed by atoms with Crippen molar-refractivity contribution in [3.8, 4) is 0 Å². The van der Waals surface area contributed by atoms with E-state index < -0.39 is 16.4 Å². The van der Waals surface area contributed by atoms with Crippen LogP contribution in [0.15, 0.2) is 47.4 Å². The third-order valence-corrected chi connectivity index (χ3v) is 2.38. The number of hydrogen-bond acceptors (Lipinski definition) is 4. The van der Waals surface area contributed by atoms with Crippen LogP contribution in [-0.4, -0.2) is 15.8 Å². The largest absolute Gasteiger partial charge is 0.322 e. The molecular formula is C12H9N3O4. The standard InChI is InChI=1S/C12H9N3O4/c16-11-10(6-9(7-13-11)15(18)19)12(17)14-8-4-2-1-3-5-8/h1-7H,(H,13,16)(H,14,17). The number of anilines is 1. The van der Waals surface area contributed by atoms with Crippen LogP contribution in [0.1, 0.15) is 10.4 Å². The van der Waals surface area contributed by atoms with Crippen molar-refractivity contribution < 1.29 is 9.72 Å². The Morgan fingerprint density at radius 3 is 2.58 bits per heavy atom. The van der Waals surface area contributed by atoms with Crippen molar-refractivity contribution in [3.63, 3.8) is 0 Å². The van der Waals surface area contributed by atoms with Gasteiger partial charge in [-0.15, -0.1) is 0 Å². The molecule has 0 radical (unpaired) electrons. The van der Waals surface area contributed by atoms with Gasteiger partial charge in [0.25, 0.3) is 17.2 Å². The van der Waals surface area contributed by atoms with Gasteiger partial charge < -0.3 is 10.3 Å². The summed E-state index contributed by atoms with van der Waals surface area (Å²) in [5.74, 6) is -0.698. The van der Waals surface area contributed by atoms with Crippen molar-refractivity contribution in [2.75, 3.05) is 5.32 Å². The number of pyridine rings is 1. The molecule has 96 valence electrons. The van der Waals surface area contributed by atoms with Gasteiger partial charge in [-0.2, -0.15) is 0 Å². The molecule has 2 N–H and O–H groups in total. The van der Waals surface area contributed by atoms with E-state index in [1.165, 1.54) is 0 Å². The van der Waals surface area contributed by atoms with E-state index in [1.807, 2.05) is 0 Å². The highest BCUT2D eigenvalue weighted by atomic mass is 16.6. The van der Waals surface area contributed by atoms with Crippen LogP contribution in [0.25, 0.3) is 0 Å². The van der Waals surface area contributed by atoms with Crippen molar-refractivity contribution in [1.29, 1.82) is 0 Å². The van der Waals surface area contributed by atoms with Crippen LogP contribution < -0.4 is 10.9 Å². The third kappa shape index (κ3) is 2.83. The van der Waals surface area contributed by atoms with Gasteiger partial charge in [0.15, 0.2) is 0 Å². The number of para-hydroxylation sites is 1. The van der Waals surface area contributed by atoms with E-state index in [1.54, 1.807) is 30.3 Å². The summed E-state index contributed by atoms with van der Waals surface area (Å²) < 4.78 is 0. The highest BCUT2D eigenvalue weighted by Crippen LogP contribution is 2.11. The number of carbonyl (C=O) groups excluding carboxylic acids is 1. The zero-order valence-electron chi connectivity index (χ0n) is 9.62. The topological polar surface area (TPSA) is 105 Å². The summed E-state index contributed by atoms with van der Waals surface area (Å²) in [5, 5.41) is 13.1. The Labute approximate surface area is 107 Å². The van der Waals surface area contributed by atoms with Crippen LogP contribution in [0, 0.1) is 10.1 Å². The van der Waals surface area contributed by atoms with Crippen molar-refractivity contribution in [1.82, 2.24) is 4.98 Å². The summed E-state index contributed by atoms with van der Waals surface area (Å²) >= 11 is 0. The van der Waals surface area contributed by atoms with Gasteiger partial charge in [-0.05, 0) is 12.1 Å². The zero-order chi connectivity index (χ0) is 13.8. The molecule has 7 heteroatoms. The number of H-pyrrole nitrogens is 1. The molecule has 19 heavy (non-hydrogen) atoms. The van der Waals surface area contributed by atoms with Gasteiger partial charge in [0.1, 0.15) is 5.56 Å². The number of aromatic amines is 1. The molecule has 0 bridgehead atoms. The minimum Gasteiger partial charge on any atom is -0.322 e. The van der Waals surface area contributed by atoms with Gasteiger partial charge in [-0.1, -0.05) is 18.2 Å². The zero-order valence-corrected chi connectivity index (χ0v) is 9.62. The lowest BCUT2D eigenvalue weighted by atomic mass is 10.2. The quantitative estimate of drug-likeness (QED) is 0.644. The fraction of sp³-hybridized carbons (Fsp3) is 0. The summed E-state index contributed by atoms with van der Waals surface area (Å²) in [7, 11) is 0. The fourth-order valence-electron chi connectivity index (χ4n) is 1.47. The average molecular weight is 259 g/mol. The summed E-state index contributed by atoms with van der Waals surface area (Å²) in [6.45, 7) is 0. The number of rotatable bonds is 3. The van der Waals surface area contributed by atoms with E-state index in [2.05, 4.69) is 10.3 Å². The second-order valence-electron chi connectivity index (χ2n) is 3.68. The summed E-state index contributed by atoms with van der Waals surface area (Å²) in [5.41, 5.74) is -0.840. The number of hydrogen-bond donors (Lipinski definition) is 2. The van der Waals surface area contributed by atoms with E-state index in [0.29, 0.717) is 5.69 Å². The molecule has 1 amide bonds. The van der Waals surface area contributed by atoms with E-state index in [9.17, 15) is 19.7 Å². The van der Waals surface area contributed by atoms with Crippen LogP contribution in [0.5, 0.6) is 0 Å². The highest BCUT2D eigenvalue weighted by Gasteiger charge is 2.16. The molecule has 0 aliphatic heterocycles. The number of aromatic nitrogens is 1. The van der Waals surface area contributed by atoms with Crippen molar-refractivity contribution >= 4 is 17.3 Å². The molecule has 0 aliphatic carbocycles.